The Balaban J connectivity index is 1.79. The second-order valence-electron chi connectivity index (χ2n) is 7.90. The van der Waals surface area contributed by atoms with Crippen molar-refractivity contribution in [3.63, 3.8) is 0 Å². The van der Waals surface area contributed by atoms with Crippen molar-refractivity contribution in [1.82, 2.24) is 4.90 Å². The van der Waals surface area contributed by atoms with Crippen LogP contribution in [0.2, 0.25) is 0 Å². The van der Waals surface area contributed by atoms with Gasteiger partial charge in [0.05, 0.1) is 13.2 Å². The number of methoxy groups -OCH3 is 1. The predicted octanol–water partition coefficient (Wildman–Crippen LogP) is 5.23. The van der Waals surface area contributed by atoms with Crippen molar-refractivity contribution in [3.05, 3.63) is 83.4 Å². The molecular weight excluding hydrogens is 386 g/mol. The van der Waals surface area contributed by atoms with E-state index in [9.17, 15) is 0 Å². The molecule has 31 heavy (non-hydrogen) atoms. The summed E-state index contributed by atoms with van der Waals surface area (Å²) in [5.74, 6) is 0.314. The number of likely N-dealkylation sites (tertiary alicyclic amines) is 1. The zero-order chi connectivity index (χ0) is 21.7. The molecule has 0 saturated carbocycles. The van der Waals surface area contributed by atoms with Crippen molar-refractivity contribution in [2.75, 3.05) is 40.1 Å². The molecule has 1 aliphatic carbocycles. The first-order valence-corrected chi connectivity index (χ1v) is 11.3. The van der Waals surface area contributed by atoms with Gasteiger partial charge in [0.25, 0.3) is 0 Å². The van der Waals surface area contributed by atoms with Crippen LogP contribution in [0, 0.1) is 5.92 Å². The lowest BCUT2D eigenvalue weighted by Gasteiger charge is -2.53. The standard InChI is InChI=1S/C27H33NO3/c1-4-30-19-17-25(21-12-8-6-9-13-21)28-18-16-23-26(22-14-10-7-11-15-22)24(20-31-5-2)27(23,28)29-3/h6-15,17,23H,4-5,16,18-20H2,1-3H3/b25-17+. The van der Waals surface area contributed by atoms with E-state index in [0.717, 1.165) is 13.0 Å². The predicted molar refractivity (Wildman–Crippen MR) is 125 cm³/mol. The molecule has 2 atom stereocenters. The van der Waals surface area contributed by atoms with Gasteiger partial charge in [0.15, 0.2) is 5.72 Å². The van der Waals surface area contributed by atoms with Crippen molar-refractivity contribution in [1.29, 1.82) is 0 Å². The van der Waals surface area contributed by atoms with Crippen LogP contribution in [-0.4, -0.2) is 50.7 Å². The molecular formula is C27H33NO3. The Morgan fingerprint density at radius 2 is 1.68 bits per heavy atom. The Kier molecular flexibility index (Phi) is 6.91. The fraction of sp³-hybridized carbons (Fsp3) is 0.407. The van der Waals surface area contributed by atoms with Gasteiger partial charge < -0.3 is 19.1 Å². The molecule has 4 heteroatoms. The van der Waals surface area contributed by atoms with Gasteiger partial charge in [-0.25, -0.2) is 0 Å². The second-order valence-corrected chi connectivity index (χ2v) is 7.90. The van der Waals surface area contributed by atoms with Crippen LogP contribution < -0.4 is 0 Å². The molecule has 1 fully saturated rings. The number of hydrogen-bond acceptors (Lipinski definition) is 4. The summed E-state index contributed by atoms with van der Waals surface area (Å²) in [6, 6.07) is 21.2. The molecule has 2 aromatic carbocycles. The van der Waals surface area contributed by atoms with Crippen molar-refractivity contribution in [2.45, 2.75) is 26.0 Å². The summed E-state index contributed by atoms with van der Waals surface area (Å²) in [5, 5.41) is 0. The largest absolute Gasteiger partial charge is 0.378 e. The van der Waals surface area contributed by atoms with Crippen LogP contribution in [0.4, 0.5) is 0 Å². The number of fused-ring (bicyclic) bond motifs is 1. The maximum Gasteiger partial charge on any atom is 0.172 e. The lowest BCUT2D eigenvalue weighted by molar-refractivity contribution is -0.0949. The van der Waals surface area contributed by atoms with Gasteiger partial charge in [0.1, 0.15) is 0 Å². The van der Waals surface area contributed by atoms with E-state index in [0.29, 0.717) is 32.3 Å². The number of nitrogens with zero attached hydrogens (tertiary/aromatic N) is 1. The van der Waals surface area contributed by atoms with Crippen LogP contribution in [0.25, 0.3) is 11.3 Å². The fourth-order valence-corrected chi connectivity index (χ4v) is 5.15. The minimum Gasteiger partial charge on any atom is -0.378 e. The van der Waals surface area contributed by atoms with Gasteiger partial charge in [-0.2, -0.15) is 0 Å². The van der Waals surface area contributed by atoms with Crippen LogP contribution in [0.15, 0.2) is 72.3 Å². The third-order valence-electron chi connectivity index (χ3n) is 6.43. The van der Waals surface area contributed by atoms with Gasteiger partial charge in [0, 0.05) is 44.1 Å². The molecule has 2 aromatic rings. The number of rotatable bonds is 10. The monoisotopic (exact) mass is 419 g/mol. The third kappa shape index (κ3) is 3.84. The Bertz CT molecular complexity index is 922. The molecule has 1 saturated heterocycles. The summed E-state index contributed by atoms with van der Waals surface area (Å²) in [6.07, 6.45) is 3.24. The van der Waals surface area contributed by atoms with Crippen LogP contribution >= 0.6 is 0 Å². The molecule has 1 aliphatic heterocycles. The highest BCUT2D eigenvalue weighted by molar-refractivity contribution is 5.83. The van der Waals surface area contributed by atoms with Crippen LogP contribution in [-0.2, 0) is 14.2 Å². The average Bonchev–Trinajstić information content (AvgIpc) is 3.12. The molecule has 4 nitrogen and oxygen atoms in total. The highest BCUT2D eigenvalue weighted by atomic mass is 16.5. The van der Waals surface area contributed by atoms with Crippen molar-refractivity contribution >= 4 is 11.3 Å². The molecule has 2 unspecified atom stereocenters. The molecule has 0 aromatic heterocycles. The van der Waals surface area contributed by atoms with E-state index in [1.54, 1.807) is 0 Å². The molecule has 2 aliphatic rings. The molecule has 4 rings (SSSR count). The van der Waals surface area contributed by atoms with E-state index < -0.39 is 5.72 Å². The molecule has 0 bridgehead atoms. The van der Waals surface area contributed by atoms with Gasteiger partial charge in [-0.15, -0.1) is 0 Å². The second kappa shape index (κ2) is 9.82. The normalized spacial score (nSPS) is 23.1. The summed E-state index contributed by atoms with van der Waals surface area (Å²) in [7, 11) is 1.84. The van der Waals surface area contributed by atoms with Gasteiger partial charge in [0.2, 0.25) is 0 Å². The first kappa shape index (κ1) is 21.8. The Morgan fingerprint density at radius 3 is 2.32 bits per heavy atom. The molecule has 0 radical (unpaired) electrons. The zero-order valence-corrected chi connectivity index (χ0v) is 18.8. The Hall–Kier alpha value is -2.40. The highest BCUT2D eigenvalue weighted by Crippen LogP contribution is 2.60. The molecule has 0 amide bonds. The first-order chi connectivity index (χ1) is 15.3. The minimum atomic E-state index is -0.478. The van der Waals surface area contributed by atoms with Crippen LogP contribution in [0.3, 0.4) is 0 Å². The van der Waals surface area contributed by atoms with Crippen LogP contribution in [0.1, 0.15) is 31.4 Å². The number of hydrogen-bond donors (Lipinski definition) is 0. The average molecular weight is 420 g/mol. The summed E-state index contributed by atoms with van der Waals surface area (Å²) < 4.78 is 18.0. The SMILES string of the molecule is CCOC/C=C(\c1ccccc1)N1CCC2C(c3ccccc3)=C(COCC)C21OC. The topological polar surface area (TPSA) is 30.9 Å². The van der Waals surface area contributed by atoms with Crippen molar-refractivity contribution in [2.24, 2.45) is 5.92 Å². The maximum absolute atomic E-state index is 6.39. The van der Waals surface area contributed by atoms with Crippen molar-refractivity contribution < 1.29 is 14.2 Å². The number of ether oxygens (including phenoxy) is 3. The number of benzene rings is 2. The van der Waals surface area contributed by atoms with E-state index in [1.807, 2.05) is 21.0 Å². The summed E-state index contributed by atoms with van der Waals surface area (Å²) in [6.45, 7) is 7.54. The molecule has 1 heterocycles. The van der Waals surface area contributed by atoms with E-state index in [1.165, 1.54) is 28.0 Å². The first-order valence-electron chi connectivity index (χ1n) is 11.3. The lowest BCUT2D eigenvalue weighted by atomic mass is 9.67. The Morgan fingerprint density at radius 1 is 1.00 bits per heavy atom. The lowest BCUT2D eigenvalue weighted by Crippen LogP contribution is -2.57. The molecule has 0 spiro atoms. The van der Waals surface area contributed by atoms with Crippen LogP contribution in [0.5, 0.6) is 0 Å². The Labute approximate surface area is 186 Å². The molecule has 0 N–H and O–H groups in total. The maximum atomic E-state index is 6.39. The summed E-state index contributed by atoms with van der Waals surface area (Å²) in [4.78, 5) is 2.44. The van der Waals surface area contributed by atoms with E-state index in [2.05, 4.69) is 71.6 Å². The van der Waals surface area contributed by atoms with E-state index in [4.69, 9.17) is 14.2 Å². The smallest absolute Gasteiger partial charge is 0.172 e. The quantitative estimate of drug-likeness (QED) is 0.493. The van der Waals surface area contributed by atoms with Gasteiger partial charge in [-0.1, -0.05) is 60.7 Å². The van der Waals surface area contributed by atoms with Gasteiger partial charge in [-0.05, 0) is 43.0 Å². The van der Waals surface area contributed by atoms with E-state index >= 15 is 0 Å². The van der Waals surface area contributed by atoms with Gasteiger partial charge >= 0.3 is 0 Å². The van der Waals surface area contributed by atoms with Gasteiger partial charge in [-0.3, -0.25) is 0 Å². The van der Waals surface area contributed by atoms with Crippen molar-refractivity contribution in [3.8, 4) is 0 Å². The minimum absolute atomic E-state index is 0.314. The summed E-state index contributed by atoms with van der Waals surface area (Å²) in [5.41, 5.74) is 5.77. The fourth-order valence-electron chi connectivity index (χ4n) is 5.15. The van der Waals surface area contributed by atoms with E-state index in [-0.39, 0.29) is 0 Å². The summed E-state index contributed by atoms with van der Waals surface area (Å²) >= 11 is 0. The zero-order valence-electron chi connectivity index (χ0n) is 18.8. The highest BCUT2D eigenvalue weighted by Gasteiger charge is 2.62. The third-order valence-corrected chi connectivity index (χ3v) is 6.43. The molecule has 164 valence electrons.